The fourth-order valence-electron chi connectivity index (χ4n) is 4.47. The van der Waals surface area contributed by atoms with Crippen LogP contribution < -0.4 is 0 Å². The Balaban J connectivity index is 1.43. The van der Waals surface area contributed by atoms with E-state index in [1.807, 2.05) is 41.5 Å². The Hall–Kier alpha value is -2.88. The standard InChI is InChI=1S/C24H22Cl2N6O2S/c1-13-7-15(14(2)31(13)18-10-16(25)9-17(26)11-18)8-19-22(27)32-24(28-23(19)34)35-20(29-32)12-21(33)30-5-3-4-6-30/h7-11,27H,3-6,12H2,1-2H3/b19-8-,27-22?. The number of halogens is 2. The number of hydrazone groups is 1. The first-order valence-corrected chi connectivity index (χ1v) is 12.7. The lowest BCUT2D eigenvalue weighted by Crippen LogP contribution is -2.35. The van der Waals surface area contributed by atoms with Crippen LogP contribution in [-0.2, 0) is 9.59 Å². The third-order valence-electron chi connectivity index (χ3n) is 6.13. The second-order valence-electron chi connectivity index (χ2n) is 8.57. The van der Waals surface area contributed by atoms with E-state index < -0.39 is 5.91 Å². The molecule has 0 saturated carbocycles. The molecule has 2 amide bonds. The van der Waals surface area contributed by atoms with Crippen LogP contribution >= 0.6 is 35.0 Å². The number of nitrogens with zero attached hydrogens (tertiary/aromatic N) is 5. The van der Waals surface area contributed by atoms with Crippen molar-refractivity contribution in [2.75, 3.05) is 13.1 Å². The van der Waals surface area contributed by atoms with Gasteiger partial charge in [-0.15, -0.1) is 0 Å². The molecule has 11 heteroatoms. The van der Waals surface area contributed by atoms with Crippen LogP contribution in [0.1, 0.15) is 36.2 Å². The molecule has 8 nitrogen and oxygen atoms in total. The van der Waals surface area contributed by atoms with Crippen LogP contribution in [0, 0.1) is 19.3 Å². The first kappa shape index (κ1) is 23.8. The summed E-state index contributed by atoms with van der Waals surface area (Å²) in [5.41, 5.74) is 3.49. The zero-order valence-corrected chi connectivity index (χ0v) is 21.5. The van der Waals surface area contributed by atoms with Gasteiger partial charge in [-0.3, -0.25) is 15.0 Å². The van der Waals surface area contributed by atoms with Crippen molar-refractivity contribution in [3.63, 3.8) is 0 Å². The van der Waals surface area contributed by atoms with E-state index in [1.54, 1.807) is 12.1 Å². The number of carbonyl (C=O) groups is 2. The molecular weight excluding hydrogens is 507 g/mol. The molecule has 0 bridgehead atoms. The number of likely N-dealkylation sites (tertiary alicyclic amines) is 1. The zero-order valence-electron chi connectivity index (χ0n) is 19.1. The summed E-state index contributed by atoms with van der Waals surface area (Å²) in [6.07, 6.45) is 3.83. The lowest BCUT2D eigenvalue weighted by Gasteiger charge is -2.20. The number of hydrogen-bond acceptors (Lipinski definition) is 5. The number of aromatic nitrogens is 1. The Kier molecular flexibility index (Phi) is 6.33. The Labute approximate surface area is 216 Å². The van der Waals surface area contributed by atoms with Gasteiger partial charge in [0.2, 0.25) is 11.1 Å². The van der Waals surface area contributed by atoms with Gasteiger partial charge < -0.3 is 9.47 Å². The molecule has 180 valence electrons. The molecule has 0 spiro atoms. The van der Waals surface area contributed by atoms with Crippen molar-refractivity contribution in [1.82, 2.24) is 14.5 Å². The lowest BCUT2D eigenvalue weighted by molar-refractivity contribution is -0.128. The average molecular weight is 529 g/mol. The van der Waals surface area contributed by atoms with Crippen LogP contribution in [0.3, 0.4) is 0 Å². The van der Waals surface area contributed by atoms with Gasteiger partial charge in [0.15, 0.2) is 5.84 Å². The van der Waals surface area contributed by atoms with Gasteiger partial charge >= 0.3 is 0 Å². The molecule has 4 heterocycles. The number of fused-ring (bicyclic) bond motifs is 1. The minimum absolute atomic E-state index is 0.0105. The summed E-state index contributed by atoms with van der Waals surface area (Å²) in [5, 5.41) is 16.3. The van der Waals surface area contributed by atoms with Crippen LogP contribution in [0.2, 0.25) is 10.0 Å². The maximum Gasteiger partial charge on any atom is 0.283 e. The van der Waals surface area contributed by atoms with Crippen molar-refractivity contribution in [3.8, 4) is 5.69 Å². The monoisotopic (exact) mass is 528 g/mol. The van der Waals surface area contributed by atoms with E-state index in [1.165, 1.54) is 16.8 Å². The van der Waals surface area contributed by atoms with Gasteiger partial charge in [-0.1, -0.05) is 23.2 Å². The van der Waals surface area contributed by atoms with Crippen molar-refractivity contribution >= 4 is 68.9 Å². The van der Waals surface area contributed by atoms with E-state index in [9.17, 15) is 9.59 Å². The number of amides is 2. The van der Waals surface area contributed by atoms with E-state index in [2.05, 4.69) is 10.1 Å². The fourth-order valence-corrected chi connectivity index (χ4v) is 5.86. The number of benzene rings is 1. The largest absolute Gasteiger partial charge is 0.342 e. The van der Waals surface area contributed by atoms with Crippen molar-refractivity contribution in [1.29, 1.82) is 5.41 Å². The molecule has 0 radical (unpaired) electrons. The van der Waals surface area contributed by atoms with Gasteiger partial charge in [-0.05, 0) is 74.4 Å². The minimum atomic E-state index is -0.508. The molecule has 3 aliphatic rings. The van der Waals surface area contributed by atoms with Crippen LogP contribution in [-0.4, -0.2) is 55.4 Å². The van der Waals surface area contributed by atoms with Gasteiger partial charge in [-0.25, -0.2) is 0 Å². The molecule has 0 aliphatic carbocycles. The fraction of sp³-hybridized carbons (Fsp3) is 0.292. The predicted molar refractivity (Wildman–Crippen MR) is 141 cm³/mol. The second-order valence-corrected chi connectivity index (χ2v) is 10.5. The number of aliphatic imine (C=N–C) groups is 1. The molecule has 1 aromatic carbocycles. The van der Waals surface area contributed by atoms with E-state index in [-0.39, 0.29) is 23.7 Å². The van der Waals surface area contributed by atoms with Gasteiger partial charge in [0.05, 0.1) is 12.0 Å². The summed E-state index contributed by atoms with van der Waals surface area (Å²) in [5.74, 6) is -0.560. The number of thioether (sulfide) groups is 1. The number of aryl methyl sites for hydroxylation is 1. The third-order valence-corrected chi connectivity index (χ3v) is 7.48. The zero-order chi connectivity index (χ0) is 24.9. The normalized spacial score (nSPS) is 18.9. The summed E-state index contributed by atoms with van der Waals surface area (Å²) in [6.45, 7) is 5.40. The maximum atomic E-state index is 12.8. The molecule has 3 aliphatic heterocycles. The molecule has 5 rings (SSSR count). The van der Waals surface area contributed by atoms with Gasteiger partial charge in [0.25, 0.3) is 5.91 Å². The molecule has 2 aromatic rings. The molecule has 0 unspecified atom stereocenters. The number of amidine groups is 2. The van der Waals surface area contributed by atoms with Gasteiger partial charge in [0, 0.05) is 40.2 Å². The quantitative estimate of drug-likeness (QED) is 0.562. The highest BCUT2D eigenvalue weighted by Gasteiger charge is 2.36. The van der Waals surface area contributed by atoms with Crippen molar-refractivity contribution in [2.24, 2.45) is 10.1 Å². The molecule has 1 fully saturated rings. The summed E-state index contributed by atoms with van der Waals surface area (Å²) < 4.78 is 1.99. The second kappa shape index (κ2) is 9.29. The van der Waals surface area contributed by atoms with E-state index in [0.29, 0.717) is 20.3 Å². The molecule has 35 heavy (non-hydrogen) atoms. The van der Waals surface area contributed by atoms with Crippen molar-refractivity contribution in [2.45, 2.75) is 33.1 Å². The summed E-state index contributed by atoms with van der Waals surface area (Å²) in [4.78, 5) is 31.3. The topological polar surface area (TPSA) is 94.1 Å². The average Bonchev–Trinajstić information content (AvgIpc) is 3.50. The summed E-state index contributed by atoms with van der Waals surface area (Å²) in [6, 6.07) is 7.23. The first-order valence-electron chi connectivity index (χ1n) is 11.1. The molecular formula is C24H22Cl2N6O2S. The smallest absolute Gasteiger partial charge is 0.283 e. The highest BCUT2D eigenvalue weighted by atomic mass is 35.5. The highest BCUT2D eigenvalue weighted by molar-refractivity contribution is 8.27. The van der Waals surface area contributed by atoms with Crippen molar-refractivity contribution < 1.29 is 9.59 Å². The Morgan fingerprint density at radius 1 is 1.14 bits per heavy atom. The van der Waals surface area contributed by atoms with Crippen LogP contribution in [0.25, 0.3) is 11.8 Å². The summed E-state index contributed by atoms with van der Waals surface area (Å²) in [7, 11) is 0. The Morgan fingerprint density at radius 2 is 1.83 bits per heavy atom. The minimum Gasteiger partial charge on any atom is -0.342 e. The SMILES string of the molecule is Cc1cc(/C=C2/C(=N)N3N=C(CC(=O)N4CCCC4)SC3=NC2=O)c(C)n1-c1cc(Cl)cc(Cl)c1. The molecule has 1 N–H and O–H groups in total. The number of hydrogen-bond donors (Lipinski definition) is 1. The Bertz CT molecular complexity index is 1350. The number of rotatable bonds is 4. The van der Waals surface area contributed by atoms with Gasteiger partial charge in [-0.2, -0.15) is 15.1 Å². The predicted octanol–water partition coefficient (Wildman–Crippen LogP) is 5.03. The molecule has 0 atom stereocenters. The number of nitrogens with one attached hydrogen (secondary N) is 1. The third kappa shape index (κ3) is 4.55. The van der Waals surface area contributed by atoms with E-state index in [4.69, 9.17) is 28.6 Å². The van der Waals surface area contributed by atoms with E-state index in [0.717, 1.165) is 48.6 Å². The van der Waals surface area contributed by atoms with Gasteiger partial charge in [0.1, 0.15) is 5.04 Å². The highest BCUT2D eigenvalue weighted by Crippen LogP contribution is 2.32. The molecule has 1 aromatic heterocycles. The van der Waals surface area contributed by atoms with Crippen LogP contribution in [0.5, 0.6) is 0 Å². The van der Waals surface area contributed by atoms with Crippen LogP contribution in [0.15, 0.2) is 39.9 Å². The van der Waals surface area contributed by atoms with Crippen LogP contribution in [0.4, 0.5) is 0 Å². The summed E-state index contributed by atoms with van der Waals surface area (Å²) >= 11 is 13.6. The lowest BCUT2D eigenvalue weighted by atomic mass is 10.1. The molecule has 1 saturated heterocycles. The first-order chi connectivity index (χ1) is 16.7. The van der Waals surface area contributed by atoms with Crippen molar-refractivity contribution in [3.05, 3.63) is 56.8 Å². The Morgan fingerprint density at radius 3 is 2.51 bits per heavy atom. The number of carbonyl (C=O) groups excluding carboxylic acids is 2. The van der Waals surface area contributed by atoms with E-state index >= 15 is 0 Å². The maximum absolute atomic E-state index is 12.8.